The summed E-state index contributed by atoms with van der Waals surface area (Å²) in [6.07, 6.45) is 3.79. The minimum atomic E-state index is -1.03. The first-order chi connectivity index (χ1) is 6.54. The van der Waals surface area contributed by atoms with Crippen molar-refractivity contribution in [3.63, 3.8) is 0 Å². The van der Waals surface area contributed by atoms with Crippen molar-refractivity contribution in [3.05, 3.63) is 0 Å². The molecule has 14 heavy (non-hydrogen) atoms. The summed E-state index contributed by atoms with van der Waals surface area (Å²) in [5.74, 6) is -1.59. The van der Waals surface area contributed by atoms with Gasteiger partial charge in [-0.15, -0.1) is 0 Å². The zero-order valence-corrected chi connectivity index (χ0v) is 8.95. The lowest BCUT2D eigenvalue weighted by molar-refractivity contribution is -0.317. The standard InChI is InChI=1S/C11H20O3/c1-3-11(8(2)10(13)14)7-5-4-6-9(11)12/h8-9,12H,3-7H2,1-2H3,(H,13,14)/p-1. The van der Waals surface area contributed by atoms with E-state index >= 15 is 0 Å². The summed E-state index contributed by atoms with van der Waals surface area (Å²) in [7, 11) is 0. The Bertz CT molecular complexity index is 215. The van der Waals surface area contributed by atoms with Gasteiger partial charge < -0.3 is 15.0 Å². The maximum Gasteiger partial charge on any atom is 0.0602 e. The highest BCUT2D eigenvalue weighted by atomic mass is 16.4. The van der Waals surface area contributed by atoms with Gasteiger partial charge in [-0.25, -0.2) is 0 Å². The van der Waals surface area contributed by atoms with Crippen molar-refractivity contribution in [2.75, 3.05) is 0 Å². The van der Waals surface area contributed by atoms with E-state index in [0.29, 0.717) is 6.42 Å². The predicted octanol–water partition coefficient (Wildman–Crippen LogP) is 0.704. The van der Waals surface area contributed by atoms with Crippen LogP contribution < -0.4 is 5.11 Å². The van der Waals surface area contributed by atoms with E-state index in [1.165, 1.54) is 0 Å². The van der Waals surface area contributed by atoms with Crippen molar-refractivity contribution in [2.24, 2.45) is 11.3 Å². The van der Waals surface area contributed by atoms with Gasteiger partial charge in [0.05, 0.1) is 6.10 Å². The summed E-state index contributed by atoms with van der Waals surface area (Å²) >= 11 is 0. The minimum Gasteiger partial charge on any atom is -0.550 e. The number of aliphatic hydroxyl groups is 1. The van der Waals surface area contributed by atoms with Gasteiger partial charge in [0.25, 0.3) is 0 Å². The molecule has 0 aromatic rings. The molecule has 0 bridgehead atoms. The quantitative estimate of drug-likeness (QED) is 0.728. The Morgan fingerprint density at radius 3 is 2.71 bits per heavy atom. The first-order valence-corrected chi connectivity index (χ1v) is 5.43. The van der Waals surface area contributed by atoms with Gasteiger partial charge in [-0.2, -0.15) is 0 Å². The maximum atomic E-state index is 10.9. The number of hydrogen-bond acceptors (Lipinski definition) is 3. The molecule has 0 aliphatic heterocycles. The molecular formula is C11H19O3-. The highest BCUT2D eigenvalue weighted by Gasteiger charge is 2.43. The summed E-state index contributed by atoms with van der Waals surface area (Å²) in [6.45, 7) is 3.61. The number of carboxylic acid groups (broad SMARTS) is 1. The van der Waals surface area contributed by atoms with Crippen LogP contribution >= 0.6 is 0 Å². The van der Waals surface area contributed by atoms with Gasteiger partial charge in [0.15, 0.2) is 0 Å². The van der Waals surface area contributed by atoms with E-state index in [4.69, 9.17) is 0 Å². The van der Waals surface area contributed by atoms with Gasteiger partial charge in [-0.1, -0.05) is 26.7 Å². The van der Waals surface area contributed by atoms with E-state index in [1.807, 2.05) is 6.92 Å². The van der Waals surface area contributed by atoms with Crippen LogP contribution in [0.3, 0.4) is 0 Å². The molecule has 82 valence electrons. The number of aliphatic carboxylic acids is 1. The van der Waals surface area contributed by atoms with Crippen LogP contribution in [0.1, 0.15) is 46.0 Å². The van der Waals surface area contributed by atoms with E-state index in [2.05, 4.69) is 0 Å². The Hall–Kier alpha value is -0.570. The van der Waals surface area contributed by atoms with Crippen LogP contribution in [0, 0.1) is 11.3 Å². The summed E-state index contributed by atoms with van der Waals surface area (Å²) in [5, 5.41) is 20.8. The molecule has 3 heteroatoms. The molecular weight excluding hydrogens is 180 g/mol. The molecule has 3 unspecified atom stereocenters. The lowest BCUT2D eigenvalue weighted by atomic mass is 9.63. The molecule has 1 aliphatic rings. The number of carbonyl (C=O) groups excluding carboxylic acids is 1. The van der Waals surface area contributed by atoms with Gasteiger partial charge in [0.1, 0.15) is 0 Å². The molecule has 0 aromatic carbocycles. The number of carbonyl (C=O) groups is 1. The molecule has 0 spiro atoms. The highest BCUT2D eigenvalue weighted by Crippen LogP contribution is 2.45. The summed E-state index contributed by atoms with van der Waals surface area (Å²) in [6, 6.07) is 0. The summed E-state index contributed by atoms with van der Waals surface area (Å²) in [4.78, 5) is 10.9. The molecule has 1 rings (SSSR count). The molecule has 0 heterocycles. The molecule has 0 saturated heterocycles. The molecule has 0 amide bonds. The predicted molar refractivity (Wildman–Crippen MR) is 51.4 cm³/mol. The third-order valence-corrected chi connectivity index (χ3v) is 3.91. The van der Waals surface area contributed by atoms with Crippen molar-refractivity contribution in [2.45, 2.75) is 52.1 Å². The fraction of sp³-hybridized carbons (Fsp3) is 0.909. The van der Waals surface area contributed by atoms with Gasteiger partial charge in [0.2, 0.25) is 0 Å². The van der Waals surface area contributed by atoms with Crippen LogP contribution in [0.4, 0.5) is 0 Å². The number of hydrogen-bond donors (Lipinski definition) is 1. The molecule has 3 atom stereocenters. The second-order valence-corrected chi connectivity index (χ2v) is 4.39. The van der Waals surface area contributed by atoms with Gasteiger partial charge in [-0.3, -0.25) is 0 Å². The van der Waals surface area contributed by atoms with E-state index < -0.39 is 23.4 Å². The molecule has 0 aromatic heterocycles. The Morgan fingerprint density at radius 1 is 1.64 bits per heavy atom. The van der Waals surface area contributed by atoms with E-state index in [1.54, 1.807) is 6.92 Å². The summed E-state index contributed by atoms with van der Waals surface area (Å²) in [5.41, 5.74) is -0.447. The molecule has 1 saturated carbocycles. The highest BCUT2D eigenvalue weighted by molar-refractivity contribution is 5.68. The van der Waals surface area contributed by atoms with E-state index in [9.17, 15) is 15.0 Å². The second kappa shape index (κ2) is 4.30. The lowest BCUT2D eigenvalue weighted by Crippen LogP contribution is -2.49. The maximum absolute atomic E-state index is 10.9. The van der Waals surface area contributed by atoms with Crippen LogP contribution in [-0.2, 0) is 4.79 Å². The molecule has 0 radical (unpaired) electrons. The Morgan fingerprint density at radius 2 is 2.29 bits per heavy atom. The van der Waals surface area contributed by atoms with Gasteiger partial charge in [-0.05, 0) is 19.3 Å². The molecule has 1 aliphatic carbocycles. The van der Waals surface area contributed by atoms with Crippen molar-refractivity contribution in [1.82, 2.24) is 0 Å². The zero-order valence-electron chi connectivity index (χ0n) is 8.95. The average Bonchev–Trinajstić information content (AvgIpc) is 2.18. The number of aliphatic hydroxyl groups excluding tert-OH is 1. The lowest BCUT2D eigenvalue weighted by Gasteiger charge is -2.45. The first-order valence-electron chi connectivity index (χ1n) is 5.43. The third kappa shape index (κ3) is 1.78. The van der Waals surface area contributed by atoms with E-state index in [0.717, 1.165) is 25.7 Å². The normalized spacial score (nSPS) is 35.2. The Balaban J connectivity index is 2.87. The molecule has 3 nitrogen and oxygen atoms in total. The van der Waals surface area contributed by atoms with Crippen LogP contribution in [-0.4, -0.2) is 17.2 Å². The second-order valence-electron chi connectivity index (χ2n) is 4.39. The SMILES string of the molecule is CCC1(C(C)C(=O)[O-])CCCCC1O. The topological polar surface area (TPSA) is 60.4 Å². The smallest absolute Gasteiger partial charge is 0.0602 e. The average molecular weight is 199 g/mol. The van der Waals surface area contributed by atoms with Crippen molar-refractivity contribution in [1.29, 1.82) is 0 Å². The third-order valence-electron chi connectivity index (χ3n) is 3.91. The fourth-order valence-corrected chi connectivity index (χ4v) is 2.70. The van der Waals surface area contributed by atoms with Crippen molar-refractivity contribution in [3.8, 4) is 0 Å². The van der Waals surface area contributed by atoms with Crippen LogP contribution in [0.2, 0.25) is 0 Å². The Kier molecular flexibility index (Phi) is 3.53. The van der Waals surface area contributed by atoms with E-state index in [-0.39, 0.29) is 0 Å². The van der Waals surface area contributed by atoms with Gasteiger partial charge in [0, 0.05) is 17.3 Å². The molecule has 1 fully saturated rings. The number of carboxylic acids is 1. The largest absolute Gasteiger partial charge is 0.550 e. The van der Waals surface area contributed by atoms with Crippen molar-refractivity contribution >= 4 is 5.97 Å². The fourth-order valence-electron chi connectivity index (χ4n) is 2.70. The van der Waals surface area contributed by atoms with Crippen LogP contribution in [0.5, 0.6) is 0 Å². The Labute approximate surface area is 85.1 Å². The first kappa shape index (κ1) is 11.5. The van der Waals surface area contributed by atoms with Crippen LogP contribution in [0.25, 0.3) is 0 Å². The monoisotopic (exact) mass is 199 g/mol. The number of rotatable bonds is 3. The van der Waals surface area contributed by atoms with Crippen molar-refractivity contribution < 1.29 is 15.0 Å². The minimum absolute atomic E-state index is 0.447. The van der Waals surface area contributed by atoms with Gasteiger partial charge >= 0.3 is 0 Å². The summed E-state index contributed by atoms with van der Waals surface area (Å²) < 4.78 is 0. The van der Waals surface area contributed by atoms with Crippen LogP contribution in [0.15, 0.2) is 0 Å². The molecule has 1 N–H and O–H groups in total. The zero-order chi connectivity index (χ0) is 10.8.